The molecule has 1 aromatic rings. The van der Waals surface area contributed by atoms with Gasteiger partial charge in [-0.05, 0) is 18.5 Å². The fourth-order valence-electron chi connectivity index (χ4n) is 2.33. The van der Waals surface area contributed by atoms with Gasteiger partial charge in [0, 0.05) is 46.5 Å². The molecule has 0 spiro atoms. The summed E-state index contributed by atoms with van der Waals surface area (Å²) < 4.78 is 16.2. The summed E-state index contributed by atoms with van der Waals surface area (Å²) in [6.07, 6.45) is 2.89. The summed E-state index contributed by atoms with van der Waals surface area (Å²) in [7, 11) is 2.50. The van der Waals surface area contributed by atoms with Crippen molar-refractivity contribution in [3.8, 4) is 0 Å². The molecule has 0 radical (unpaired) electrons. The minimum Gasteiger partial charge on any atom is -0.377 e. The zero-order valence-electron chi connectivity index (χ0n) is 14.5. The summed E-state index contributed by atoms with van der Waals surface area (Å²) >= 11 is 0. The minimum absolute atomic E-state index is 0.240. The monoisotopic (exact) mass is 338 g/mol. The van der Waals surface area contributed by atoms with Crippen molar-refractivity contribution >= 4 is 8.80 Å². The quantitative estimate of drug-likeness (QED) is 0.328. The van der Waals surface area contributed by atoms with Gasteiger partial charge in [-0.15, -0.1) is 6.58 Å². The highest BCUT2D eigenvalue weighted by Gasteiger charge is 2.36. The number of benzene rings is 1. The van der Waals surface area contributed by atoms with Crippen molar-refractivity contribution in [1.29, 1.82) is 0 Å². The van der Waals surface area contributed by atoms with Crippen LogP contribution in [0.15, 0.2) is 43.0 Å². The predicted octanol–water partition coefficient (Wildman–Crippen LogP) is 2.19. The molecule has 130 valence electrons. The molecule has 23 heavy (non-hydrogen) atoms. The number of hydrogen-bond acceptors (Lipinski definition) is 5. The van der Waals surface area contributed by atoms with Gasteiger partial charge in [0.05, 0.1) is 0 Å². The molecule has 0 aliphatic carbocycles. The summed E-state index contributed by atoms with van der Waals surface area (Å²) in [6, 6.07) is 11.4. The molecular formula is C17H30N2O3Si. The maximum atomic E-state index is 5.41. The molecule has 0 aromatic heterocycles. The van der Waals surface area contributed by atoms with Crippen molar-refractivity contribution in [1.82, 2.24) is 10.6 Å². The Kier molecular flexibility index (Phi) is 10.0. The first kappa shape index (κ1) is 20.0. The average molecular weight is 339 g/mol. The molecule has 0 amide bonds. The normalized spacial score (nSPS) is 13.0. The van der Waals surface area contributed by atoms with Crippen molar-refractivity contribution < 1.29 is 13.3 Å². The number of nitrogens with one attached hydrogen (secondary N) is 2. The molecular weight excluding hydrogens is 308 g/mol. The molecule has 0 aliphatic rings. The lowest BCUT2D eigenvalue weighted by molar-refractivity contribution is 0.123. The van der Waals surface area contributed by atoms with Crippen LogP contribution in [0, 0.1) is 0 Å². The summed E-state index contributed by atoms with van der Waals surface area (Å²) in [4.78, 5) is 0. The van der Waals surface area contributed by atoms with Crippen LogP contribution < -0.4 is 10.6 Å². The molecule has 1 aromatic carbocycles. The van der Waals surface area contributed by atoms with Crippen molar-refractivity contribution in [2.45, 2.75) is 25.1 Å². The predicted molar refractivity (Wildman–Crippen MR) is 96.3 cm³/mol. The fraction of sp³-hybridized carbons (Fsp3) is 0.529. The first-order chi connectivity index (χ1) is 11.2. The molecule has 5 nitrogen and oxygen atoms in total. The third-order valence-corrected chi connectivity index (χ3v) is 6.66. The maximum Gasteiger partial charge on any atom is 0.500 e. The SMILES string of the molecule is C=CC(CNCCC[Si](OC)(OC)OC)NCc1ccccc1. The van der Waals surface area contributed by atoms with Crippen LogP contribution in [0.4, 0.5) is 0 Å². The van der Waals surface area contributed by atoms with Crippen LogP contribution in [0.2, 0.25) is 6.04 Å². The minimum atomic E-state index is -2.44. The Morgan fingerprint density at radius 2 is 1.78 bits per heavy atom. The van der Waals surface area contributed by atoms with Gasteiger partial charge in [0.2, 0.25) is 0 Å². The number of hydrogen-bond donors (Lipinski definition) is 2. The van der Waals surface area contributed by atoms with Crippen LogP contribution in [0.3, 0.4) is 0 Å². The number of rotatable bonds is 13. The molecule has 1 unspecified atom stereocenters. The second kappa shape index (κ2) is 11.5. The van der Waals surface area contributed by atoms with Gasteiger partial charge >= 0.3 is 8.80 Å². The lowest BCUT2D eigenvalue weighted by atomic mass is 10.2. The molecule has 6 heteroatoms. The van der Waals surface area contributed by atoms with Gasteiger partial charge in [0.15, 0.2) is 0 Å². The van der Waals surface area contributed by atoms with Gasteiger partial charge in [-0.1, -0.05) is 36.4 Å². The molecule has 1 atom stereocenters. The van der Waals surface area contributed by atoms with Gasteiger partial charge in [0.25, 0.3) is 0 Å². The molecule has 0 saturated heterocycles. The third kappa shape index (κ3) is 7.39. The van der Waals surface area contributed by atoms with Crippen LogP contribution in [0.1, 0.15) is 12.0 Å². The van der Waals surface area contributed by atoms with Crippen molar-refractivity contribution in [3.63, 3.8) is 0 Å². The Balaban J connectivity index is 2.21. The third-order valence-electron chi connectivity index (χ3n) is 3.83. The van der Waals surface area contributed by atoms with E-state index in [1.54, 1.807) is 21.3 Å². The first-order valence-corrected chi connectivity index (χ1v) is 9.89. The van der Waals surface area contributed by atoms with Crippen molar-refractivity contribution in [2.24, 2.45) is 0 Å². The van der Waals surface area contributed by atoms with Crippen LogP contribution >= 0.6 is 0 Å². The average Bonchev–Trinajstić information content (AvgIpc) is 2.62. The highest BCUT2D eigenvalue weighted by molar-refractivity contribution is 6.60. The van der Waals surface area contributed by atoms with Crippen LogP contribution in [0.25, 0.3) is 0 Å². The lowest BCUT2D eigenvalue weighted by Gasteiger charge is -2.24. The lowest BCUT2D eigenvalue weighted by Crippen LogP contribution is -2.43. The van der Waals surface area contributed by atoms with Gasteiger partial charge < -0.3 is 23.9 Å². The van der Waals surface area contributed by atoms with Gasteiger partial charge in [-0.2, -0.15) is 0 Å². The van der Waals surface area contributed by atoms with E-state index >= 15 is 0 Å². The van der Waals surface area contributed by atoms with Crippen molar-refractivity contribution in [2.75, 3.05) is 34.4 Å². The zero-order valence-corrected chi connectivity index (χ0v) is 15.5. The van der Waals surface area contributed by atoms with E-state index in [4.69, 9.17) is 13.3 Å². The standard InChI is InChI=1S/C17H30N2O3Si/c1-5-17(19-14-16-10-7-6-8-11-16)15-18-12-9-13-23(20-2,21-3)22-4/h5-8,10-11,17-19H,1,9,12-15H2,2-4H3. The van der Waals surface area contributed by atoms with Crippen LogP contribution in [-0.2, 0) is 19.8 Å². The summed E-state index contributed by atoms with van der Waals surface area (Å²) in [5.41, 5.74) is 1.27. The van der Waals surface area contributed by atoms with E-state index in [1.165, 1.54) is 5.56 Å². The van der Waals surface area contributed by atoms with Crippen molar-refractivity contribution in [3.05, 3.63) is 48.6 Å². The molecule has 0 fully saturated rings. The topological polar surface area (TPSA) is 51.8 Å². The Morgan fingerprint density at radius 1 is 1.13 bits per heavy atom. The largest absolute Gasteiger partial charge is 0.500 e. The maximum absolute atomic E-state index is 5.41. The summed E-state index contributed by atoms with van der Waals surface area (Å²) in [5, 5.41) is 6.92. The van der Waals surface area contributed by atoms with E-state index in [0.717, 1.165) is 32.1 Å². The molecule has 0 saturated carbocycles. The van der Waals surface area contributed by atoms with E-state index in [9.17, 15) is 0 Å². The Morgan fingerprint density at radius 3 is 2.35 bits per heavy atom. The second-order valence-electron chi connectivity index (χ2n) is 5.31. The van der Waals surface area contributed by atoms with E-state index in [0.29, 0.717) is 0 Å². The van der Waals surface area contributed by atoms with E-state index in [-0.39, 0.29) is 6.04 Å². The van der Waals surface area contributed by atoms with E-state index in [2.05, 4.69) is 41.5 Å². The second-order valence-corrected chi connectivity index (χ2v) is 8.40. The highest BCUT2D eigenvalue weighted by atomic mass is 28.4. The summed E-state index contributed by atoms with van der Waals surface area (Å²) in [6.45, 7) is 6.47. The smallest absolute Gasteiger partial charge is 0.377 e. The molecule has 0 heterocycles. The Hall–Kier alpha value is -1.02. The van der Waals surface area contributed by atoms with Gasteiger partial charge in [-0.3, -0.25) is 0 Å². The molecule has 0 bridgehead atoms. The first-order valence-electron chi connectivity index (χ1n) is 7.95. The van der Waals surface area contributed by atoms with Crippen LogP contribution in [0.5, 0.6) is 0 Å². The Bertz CT molecular complexity index is 419. The molecule has 1 rings (SSSR count). The van der Waals surface area contributed by atoms with Gasteiger partial charge in [0.1, 0.15) is 0 Å². The highest BCUT2D eigenvalue weighted by Crippen LogP contribution is 2.14. The van der Waals surface area contributed by atoms with E-state index < -0.39 is 8.80 Å². The van der Waals surface area contributed by atoms with Gasteiger partial charge in [-0.25, -0.2) is 0 Å². The molecule has 2 N–H and O–H groups in total. The van der Waals surface area contributed by atoms with E-state index in [1.807, 2.05) is 12.1 Å². The Labute approximate surface area is 141 Å². The fourth-order valence-corrected chi connectivity index (χ4v) is 4.05. The summed E-state index contributed by atoms with van der Waals surface area (Å²) in [5.74, 6) is 0. The molecule has 0 aliphatic heterocycles. The van der Waals surface area contributed by atoms with Crippen LogP contribution in [-0.4, -0.2) is 49.3 Å². The zero-order chi connectivity index (χ0) is 17.0.